The summed E-state index contributed by atoms with van der Waals surface area (Å²) in [5, 5.41) is 3.03. The maximum atomic E-state index is 12.6. The number of piperazine rings is 1. The first-order valence-corrected chi connectivity index (χ1v) is 11.7. The van der Waals surface area contributed by atoms with Crippen molar-refractivity contribution in [2.45, 2.75) is 4.90 Å². The number of nitrogens with one attached hydrogen (secondary N) is 1. The molecule has 1 amide bonds. The van der Waals surface area contributed by atoms with Gasteiger partial charge in [-0.2, -0.15) is 0 Å². The molecule has 1 aliphatic rings. The molecule has 0 spiro atoms. The Hall–Kier alpha value is -2.33. The fourth-order valence-electron chi connectivity index (χ4n) is 3.40. The summed E-state index contributed by atoms with van der Waals surface area (Å²) < 4.78 is 31.2. The monoisotopic (exact) mass is 466 g/mol. The molecule has 0 aliphatic carbocycles. The fraction of sp³-hybridized carbons (Fsp3) is 0.381. The average molecular weight is 467 g/mol. The quantitative estimate of drug-likeness (QED) is 0.674. The number of rotatable bonds is 7. The highest BCUT2D eigenvalue weighted by molar-refractivity contribution is 7.89. The Bertz CT molecular complexity index is 1040. The van der Waals surface area contributed by atoms with Crippen molar-refractivity contribution in [2.24, 2.45) is 0 Å². The smallest absolute Gasteiger partial charge is 0.242 e. The molecule has 3 rings (SSSR count). The molecule has 168 valence electrons. The van der Waals surface area contributed by atoms with Gasteiger partial charge in [0.15, 0.2) is 0 Å². The Balaban J connectivity index is 1.60. The summed E-state index contributed by atoms with van der Waals surface area (Å²) in [6.07, 6.45) is 0. The number of hydrogen-bond donors (Lipinski definition) is 1. The number of halogens is 1. The van der Waals surface area contributed by atoms with Crippen LogP contribution >= 0.6 is 11.6 Å². The van der Waals surface area contributed by atoms with Gasteiger partial charge >= 0.3 is 0 Å². The van der Waals surface area contributed by atoms with E-state index >= 15 is 0 Å². The topological polar surface area (TPSA) is 82.2 Å². The number of anilines is 2. The van der Waals surface area contributed by atoms with Gasteiger partial charge < -0.3 is 15.0 Å². The van der Waals surface area contributed by atoms with Crippen LogP contribution < -0.4 is 15.0 Å². The van der Waals surface area contributed by atoms with E-state index in [1.165, 1.54) is 32.3 Å². The van der Waals surface area contributed by atoms with E-state index in [2.05, 4.69) is 15.1 Å². The lowest BCUT2D eigenvalue weighted by molar-refractivity contribution is -0.117. The van der Waals surface area contributed by atoms with Gasteiger partial charge in [-0.05, 0) is 30.3 Å². The summed E-state index contributed by atoms with van der Waals surface area (Å²) in [7, 11) is 0.938. The highest BCUT2D eigenvalue weighted by atomic mass is 35.5. The van der Waals surface area contributed by atoms with Crippen molar-refractivity contribution in [2.75, 3.05) is 64.1 Å². The number of sulfonamides is 1. The molecule has 8 nitrogen and oxygen atoms in total. The lowest BCUT2D eigenvalue weighted by Crippen LogP contribution is -2.48. The molecule has 1 N–H and O–H groups in total. The summed E-state index contributed by atoms with van der Waals surface area (Å²) in [4.78, 5) is 16.9. The zero-order chi connectivity index (χ0) is 22.6. The summed E-state index contributed by atoms with van der Waals surface area (Å²) in [5.74, 6) is 0.586. The van der Waals surface area contributed by atoms with Gasteiger partial charge in [-0.25, -0.2) is 12.7 Å². The van der Waals surface area contributed by atoms with Gasteiger partial charge in [-0.1, -0.05) is 23.7 Å². The van der Waals surface area contributed by atoms with E-state index in [1.54, 1.807) is 7.11 Å². The predicted octanol–water partition coefficient (Wildman–Crippen LogP) is 2.36. The van der Waals surface area contributed by atoms with Gasteiger partial charge in [0.1, 0.15) is 5.75 Å². The van der Waals surface area contributed by atoms with Crippen molar-refractivity contribution in [3.05, 3.63) is 47.5 Å². The Labute approximate surface area is 188 Å². The molecule has 0 saturated carbocycles. The van der Waals surface area contributed by atoms with E-state index in [9.17, 15) is 13.2 Å². The molecule has 1 fully saturated rings. The van der Waals surface area contributed by atoms with Crippen LogP contribution in [0.3, 0.4) is 0 Å². The number of carbonyl (C=O) groups is 1. The van der Waals surface area contributed by atoms with Gasteiger partial charge in [0.25, 0.3) is 0 Å². The second-order valence-electron chi connectivity index (χ2n) is 7.41. The van der Waals surface area contributed by atoms with E-state index in [1.807, 2.05) is 24.3 Å². The van der Waals surface area contributed by atoms with Gasteiger partial charge in [-0.3, -0.25) is 9.69 Å². The molecule has 10 heteroatoms. The molecule has 0 atom stereocenters. The van der Waals surface area contributed by atoms with Crippen LogP contribution in [0.4, 0.5) is 11.4 Å². The van der Waals surface area contributed by atoms with Crippen LogP contribution in [-0.2, 0) is 14.8 Å². The van der Waals surface area contributed by atoms with E-state index in [0.29, 0.717) is 13.1 Å². The number of hydrogen-bond acceptors (Lipinski definition) is 6. The number of nitrogens with zero attached hydrogens (tertiary/aromatic N) is 3. The first-order valence-electron chi connectivity index (χ1n) is 9.84. The highest BCUT2D eigenvalue weighted by Gasteiger charge is 2.22. The zero-order valence-electron chi connectivity index (χ0n) is 17.8. The molecule has 2 aromatic carbocycles. The van der Waals surface area contributed by atoms with Crippen molar-refractivity contribution in [1.29, 1.82) is 0 Å². The van der Waals surface area contributed by atoms with Crippen molar-refractivity contribution < 1.29 is 17.9 Å². The van der Waals surface area contributed by atoms with Crippen LogP contribution in [0.5, 0.6) is 5.75 Å². The van der Waals surface area contributed by atoms with Gasteiger partial charge in [0, 0.05) is 40.3 Å². The second-order valence-corrected chi connectivity index (χ2v) is 9.97. The molecule has 1 saturated heterocycles. The molecular formula is C21H27ClN4O4S. The predicted molar refractivity (Wildman–Crippen MR) is 123 cm³/mol. The van der Waals surface area contributed by atoms with Gasteiger partial charge in [0.05, 0.1) is 34.9 Å². The van der Waals surface area contributed by atoms with Gasteiger partial charge in [0.2, 0.25) is 15.9 Å². The van der Waals surface area contributed by atoms with Crippen molar-refractivity contribution >= 4 is 38.9 Å². The molecule has 0 radical (unpaired) electrons. The third-order valence-corrected chi connectivity index (χ3v) is 7.30. The summed E-state index contributed by atoms with van der Waals surface area (Å²) in [6, 6.07) is 12.2. The molecule has 0 bridgehead atoms. The standard InChI is InChI=1S/C21H27ClN4O4S/c1-24(2)31(28,29)16-8-9-17(22)18(14-16)23-21(27)15-25-10-12-26(13-11-25)19-6-4-5-7-20(19)30-3/h4-9,14H,10-13,15H2,1-3H3,(H,23,27). The Kier molecular flexibility index (Phi) is 7.42. The van der Waals surface area contributed by atoms with Gasteiger partial charge in [-0.15, -0.1) is 0 Å². The maximum absolute atomic E-state index is 12.6. The fourth-order valence-corrected chi connectivity index (χ4v) is 4.50. The Morgan fingerprint density at radius 2 is 1.81 bits per heavy atom. The Morgan fingerprint density at radius 1 is 1.13 bits per heavy atom. The number of benzene rings is 2. The van der Waals surface area contributed by atoms with E-state index in [-0.39, 0.29) is 28.1 Å². The van der Waals surface area contributed by atoms with Crippen LogP contribution in [-0.4, -0.2) is 77.5 Å². The lowest BCUT2D eigenvalue weighted by atomic mass is 10.2. The van der Waals surface area contributed by atoms with Crippen molar-refractivity contribution in [3.63, 3.8) is 0 Å². The minimum atomic E-state index is -3.62. The third kappa shape index (κ3) is 5.48. The molecule has 2 aromatic rings. The zero-order valence-corrected chi connectivity index (χ0v) is 19.4. The highest BCUT2D eigenvalue weighted by Crippen LogP contribution is 2.29. The SMILES string of the molecule is COc1ccccc1N1CCN(CC(=O)Nc2cc(S(=O)(=O)N(C)C)ccc2Cl)CC1. The summed E-state index contributed by atoms with van der Waals surface area (Å²) in [5.41, 5.74) is 1.32. The van der Waals surface area contributed by atoms with Crippen LogP contribution in [0.2, 0.25) is 5.02 Å². The normalized spacial score (nSPS) is 15.2. The van der Waals surface area contributed by atoms with E-state index in [0.717, 1.165) is 28.8 Å². The molecular weight excluding hydrogens is 440 g/mol. The number of carbonyl (C=O) groups excluding carboxylic acids is 1. The van der Waals surface area contributed by atoms with E-state index in [4.69, 9.17) is 16.3 Å². The summed E-state index contributed by atoms with van der Waals surface area (Å²) >= 11 is 6.17. The van der Waals surface area contributed by atoms with Crippen LogP contribution in [0.15, 0.2) is 47.4 Å². The van der Waals surface area contributed by atoms with Crippen LogP contribution in [0.1, 0.15) is 0 Å². The number of methoxy groups -OCH3 is 1. The average Bonchev–Trinajstić information content (AvgIpc) is 2.75. The number of amides is 1. The largest absolute Gasteiger partial charge is 0.495 e. The minimum Gasteiger partial charge on any atom is -0.495 e. The number of ether oxygens (including phenoxy) is 1. The first kappa shape index (κ1) is 23.3. The van der Waals surface area contributed by atoms with Crippen molar-refractivity contribution in [1.82, 2.24) is 9.21 Å². The van der Waals surface area contributed by atoms with Crippen LogP contribution in [0, 0.1) is 0 Å². The first-order chi connectivity index (χ1) is 14.7. The number of para-hydroxylation sites is 2. The second kappa shape index (κ2) is 9.86. The molecule has 0 unspecified atom stereocenters. The third-order valence-electron chi connectivity index (χ3n) is 5.16. The van der Waals surface area contributed by atoms with Crippen molar-refractivity contribution in [3.8, 4) is 5.75 Å². The minimum absolute atomic E-state index is 0.0719. The van der Waals surface area contributed by atoms with E-state index < -0.39 is 10.0 Å². The van der Waals surface area contributed by atoms with Crippen LogP contribution in [0.25, 0.3) is 0 Å². The molecule has 0 aromatic heterocycles. The Morgan fingerprint density at radius 3 is 2.45 bits per heavy atom. The molecule has 1 heterocycles. The lowest BCUT2D eigenvalue weighted by Gasteiger charge is -2.36. The summed E-state index contributed by atoms with van der Waals surface area (Å²) in [6.45, 7) is 3.17. The molecule has 1 aliphatic heterocycles. The molecule has 31 heavy (non-hydrogen) atoms. The maximum Gasteiger partial charge on any atom is 0.242 e.